The van der Waals surface area contributed by atoms with Gasteiger partial charge in [-0.1, -0.05) is 25.1 Å². The first-order valence-electron chi connectivity index (χ1n) is 6.74. The molecule has 20 heavy (non-hydrogen) atoms. The van der Waals surface area contributed by atoms with E-state index in [0.717, 1.165) is 37.0 Å². The summed E-state index contributed by atoms with van der Waals surface area (Å²) in [6.07, 6.45) is 0.517. The molecule has 0 saturated carbocycles. The zero-order valence-corrected chi connectivity index (χ0v) is 11.3. The minimum Gasteiger partial charge on any atom is -0.294 e. The second kappa shape index (κ2) is 5.81. The monoisotopic (exact) mass is 282 g/mol. The molecular formula is C16H17F3O. The minimum atomic E-state index is -4.33. The third-order valence-electron chi connectivity index (χ3n) is 3.68. The fourth-order valence-electron chi connectivity index (χ4n) is 2.33. The van der Waals surface area contributed by atoms with Crippen molar-refractivity contribution in [3.63, 3.8) is 0 Å². The van der Waals surface area contributed by atoms with Gasteiger partial charge >= 0.3 is 6.18 Å². The molecule has 0 saturated heterocycles. The number of rotatable bonds is 3. The number of Topliss-reactive ketones (excluding diaryl/α,β-unsaturated/α-hetero) is 1. The van der Waals surface area contributed by atoms with Gasteiger partial charge in [0.2, 0.25) is 0 Å². The average Bonchev–Trinajstić information content (AvgIpc) is 2.39. The summed E-state index contributed by atoms with van der Waals surface area (Å²) in [5.74, 6) is 0.634. The molecule has 4 heteroatoms. The number of halogens is 3. The van der Waals surface area contributed by atoms with Crippen LogP contribution in [0.2, 0.25) is 0 Å². The Balaban J connectivity index is 2.02. The number of benzene rings is 1. The Hall–Kier alpha value is -1.58. The van der Waals surface area contributed by atoms with Gasteiger partial charge < -0.3 is 0 Å². The fourth-order valence-corrected chi connectivity index (χ4v) is 2.33. The van der Waals surface area contributed by atoms with Gasteiger partial charge in [-0.3, -0.25) is 4.79 Å². The summed E-state index contributed by atoms with van der Waals surface area (Å²) in [7, 11) is 0. The highest BCUT2D eigenvalue weighted by atomic mass is 19.4. The summed E-state index contributed by atoms with van der Waals surface area (Å²) in [6.45, 7) is 2.15. The lowest BCUT2D eigenvalue weighted by atomic mass is 9.88. The van der Waals surface area contributed by atoms with Crippen LogP contribution in [0.4, 0.5) is 13.2 Å². The summed E-state index contributed by atoms with van der Waals surface area (Å²) in [5.41, 5.74) is 0.768. The second-order valence-electron chi connectivity index (χ2n) is 5.40. The fraction of sp³-hybridized carbons (Fsp3) is 0.438. The van der Waals surface area contributed by atoms with Crippen LogP contribution < -0.4 is 0 Å². The van der Waals surface area contributed by atoms with E-state index in [1.54, 1.807) is 0 Å². The second-order valence-corrected chi connectivity index (χ2v) is 5.40. The lowest BCUT2D eigenvalue weighted by Gasteiger charge is -2.17. The van der Waals surface area contributed by atoms with Gasteiger partial charge in [0, 0.05) is 6.42 Å². The van der Waals surface area contributed by atoms with Gasteiger partial charge in [0.15, 0.2) is 5.78 Å². The molecule has 1 atom stereocenters. The van der Waals surface area contributed by atoms with Crippen molar-refractivity contribution < 1.29 is 18.0 Å². The van der Waals surface area contributed by atoms with Crippen molar-refractivity contribution in [1.82, 2.24) is 0 Å². The first-order chi connectivity index (χ1) is 9.36. The Labute approximate surface area is 116 Å². The van der Waals surface area contributed by atoms with Crippen molar-refractivity contribution in [2.45, 2.75) is 38.8 Å². The Bertz CT molecular complexity index is 512. The number of ketones is 1. The van der Waals surface area contributed by atoms with E-state index in [1.165, 1.54) is 12.1 Å². The largest absolute Gasteiger partial charge is 0.416 e. The first-order valence-corrected chi connectivity index (χ1v) is 6.74. The van der Waals surface area contributed by atoms with E-state index >= 15 is 0 Å². The Kier molecular flexibility index (Phi) is 4.31. The SMILES string of the molecule is CC1CC=C(C(=O)Cc2ccc(C(F)(F)F)cc2)CC1. The van der Waals surface area contributed by atoms with Crippen molar-refractivity contribution in [2.75, 3.05) is 0 Å². The molecule has 0 bridgehead atoms. The molecule has 0 N–H and O–H groups in total. The topological polar surface area (TPSA) is 17.1 Å². The zero-order valence-electron chi connectivity index (χ0n) is 11.3. The number of hydrogen-bond donors (Lipinski definition) is 0. The van der Waals surface area contributed by atoms with Crippen LogP contribution in [0, 0.1) is 5.92 Å². The maximum atomic E-state index is 12.4. The molecule has 0 amide bonds. The van der Waals surface area contributed by atoms with Crippen molar-refractivity contribution in [3.05, 3.63) is 47.0 Å². The summed E-state index contributed by atoms with van der Waals surface area (Å²) in [5, 5.41) is 0. The lowest BCUT2D eigenvalue weighted by Crippen LogP contribution is -2.12. The Morgan fingerprint density at radius 2 is 1.90 bits per heavy atom. The van der Waals surface area contributed by atoms with Gasteiger partial charge in [0.1, 0.15) is 0 Å². The van der Waals surface area contributed by atoms with Crippen LogP contribution in [0.3, 0.4) is 0 Å². The van der Waals surface area contributed by atoms with E-state index in [0.29, 0.717) is 11.5 Å². The highest BCUT2D eigenvalue weighted by Gasteiger charge is 2.30. The quantitative estimate of drug-likeness (QED) is 0.794. The maximum absolute atomic E-state index is 12.4. The average molecular weight is 282 g/mol. The normalized spacial score (nSPS) is 19.6. The van der Waals surface area contributed by atoms with E-state index in [4.69, 9.17) is 0 Å². The highest BCUT2D eigenvalue weighted by Crippen LogP contribution is 2.29. The molecule has 2 rings (SSSR count). The third kappa shape index (κ3) is 3.71. The molecule has 1 aliphatic rings. The molecule has 0 aliphatic heterocycles. The highest BCUT2D eigenvalue weighted by molar-refractivity contribution is 5.96. The molecule has 1 aliphatic carbocycles. The van der Waals surface area contributed by atoms with Gasteiger partial charge in [0.05, 0.1) is 5.56 Å². The summed E-state index contributed by atoms with van der Waals surface area (Å²) >= 11 is 0. The molecule has 1 unspecified atom stereocenters. The molecule has 1 aromatic carbocycles. The predicted molar refractivity (Wildman–Crippen MR) is 71.3 cm³/mol. The maximum Gasteiger partial charge on any atom is 0.416 e. The molecule has 1 aromatic rings. The minimum absolute atomic E-state index is 0.0247. The van der Waals surface area contributed by atoms with Crippen LogP contribution in [-0.4, -0.2) is 5.78 Å². The van der Waals surface area contributed by atoms with Crippen LogP contribution in [-0.2, 0) is 17.4 Å². The number of alkyl halides is 3. The van der Waals surface area contributed by atoms with Crippen LogP contribution in [0.5, 0.6) is 0 Å². The number of carbonyl (C=O) groups excluding carboxylic acids is 1. The van der Waals surface area contributed by atoms with Gasteiger partial charge in [0.25, 0.3) is 0 Å². The van der Waals surface area contributed by atoms with Gasteiger partial charge in [-0.2, -0.15) is 13.2 Å². The summed E-state index contributed by atoms with van der Waals surface area (Å²) in [6, 6.07) is 4.82. The van der Waals surface area contributed by atoms with Crippen molar-refractivity contribution >= 4 is 5.78 Å². The smallest absolute Gasteiger partial charge is 0.294 e. The van der Waals surface area contributed by atoms with Gasteiger partial charge in [-0.25, -0.2) is 0 Å². The predicted octanol–water partition coefficient (Wildman–Crippen LogP) is 4.56. The molecule has 1 nitrogen and oxygen atoms in total. The van der Waals surface area contributed by atoms with E-state index in [9.17, 15) is 18.0 Å². The Morgan fingerprint density at radius 3 is 2.40 bits per heavy atom. The molecule has 0 spiro atoms. The van der Waals surface area contributed by atoms with Crippen LogP contribution in [0.1, 0.15) is 37.3 Å². The summed E-state index contributed by atoms with van der Waals surface area (Å²) in [4.78, 5) is 12.1. The standard InChI is InChI=1S/C16H17F3O/c1-11-2-6-13(7-3-11)15(20)10-12-4-8-14(9-5-12)16(17,18)19/h4-6,8-9,11H,2-3,7,10H2,1H3. The lowest BCUT2D eigenvalue weighted by molar-refractivity contribution is -0.137. The van der Waals surface area contributed by atoms with E-state index < -0.39 is 11.7 Å². The molecular weight excluding hydrogens is 265 g/mol. The molecule has 0 radical (unpaired) electrons. The number of allylic oxidation sites excluding steroid dienone is 2. The van der Waals surface area contributed by atoms with Crippen molar-refractivity contribution in [3.8, 4) is 0 Å². The van der Waals surface area contributed by atoms with E-state index in [2.05, 4.69) is 6.92 Å². The van der Waals surface area contributed by atoms with Crippen LogP contribution >= 0.6 is 0 Å². The Morgan fingerprint density at radius 1 is 1.25 bits per heavy atom. The van der Waals surface area contributed by atoms with Crippen LogP contribution in [0.15, 0.2) is 35.9 Å². The van der Waals surface area contributed by atoms with Gasteiger partial charge in [-0.05, 0) is 48.4 Å². The molecule has 0 aromatic heterocycles. The van der Waals surface area contributed by atoms with E-state index in [-0.39, 0.29) is 12.2 Å². The molecule has 108 valence electrons. The summed E-state index contributed by atoms with van der Waals surface area (Å²) < 4.78 is 37.3. The van der Waals surface area contributed by atoms with Crippen LogP contribution in [0.25, 0.3) is 0 Å². The van der Waals surface area contributed by atoms with Crippen molar-refractivity contribution in [1.29, 1.82) is 0 Å². The molecule has 0 fully saturated rings. The van der Waals surface area contributed by atoms with Gasteiger partial charge in [-0.15, -0.1) is 0 Å². The number of hydrogen-bond acceptors (Lipinski definition) is 1. The zero-order chi connectivity index (χ0) is 14.8. The third-order valence-corrected chi connectivity index (χ3v) is 3.68. The van der Waals surface area contributed by atoms with Crippen molar-refractivity contribution in [2.24, 2.45) is 5.92 Å². The number of carbonyl (C=O) groups is 1. The van der Waals surface area contributed by atoms with E-state index in [1.807, 2.05) is 6.08 Å². The molecule has 0 heterocycles. The first kappa shape index (κ1) is 14.8.